The van der Waals surface area contributed by atoms with Gasteiger partial charge in [0.05, 0.1) is 6.10 Å². The summed E-state index contributed by atoms with van der Waals surface area (Å²) >= 11 is 3.66. The van der Waals surface area contributed by atoms with E-state index in [9.17, 15) is 0 Å². The molecule has 1 aliphatic carbocycles. The van der Waals surface area contributed by atoms with E-state index in [1.165, 1.54) is 37.7 Å². The summed E-state index contributed by atoms with van der Waals surface area (Å²) in [6.45, 7) is 4.11. The molecule has 0 bridgehead atoms. The fourth-order valence-corrected chi connectivity index (χ4v) is 3.49. The van der Waals surface area contributed by atoms with Crippen LogP contribution in [0.5, 0.6) is 5.75 Å². The average molecular weight is 337 g/mol. The number of ether oxygens (including phenoxy) is 1. The summed E-state index contributed by atoms with van der Waals surface area (Å²) in [6, 6.07) is 8.45. The lowest BCUT2D eigenvalue weighted by molar-refractivity contribution is 0.242. The summed E-state index contributed by atoms with van der Waals surface area (Å²) in [5.41, 5.74) is 2.82. The molecule has 0 atom stereocenters. The zero-order chi connectivity index (χ0) is 14.4. The van der Waals surface area contributed by atoms with Gasteiger partial charge in [-0.2, -0.15) is 0 Å². The largest absolute Gasteiger partial charge is 0.491 e. The van der Waals surface area contributed by atoms with E-state index in [0.717, 1.165) is 17.0 Å². The van der Waals surface area contributed by atoms with Gasteiger partial charge < -0.3 is 4.74 Å². The van der Waals surface area contributed by atoms with Crippen molar-refractivity contribution in [3.8, 4) is 5.75 Å². The van der Waals surface area contributed by atoms with Crippen LogP contribution < -0.4 is 4.74 Å². The number of benzene rings is 1. The molecular formula is C18H25BrO. The minimum atomic E-state index is 0.233. The maximum Gasteiger partial charge on any atom is 0.119 e. The minimum absolute atomic E-state index is 0.233. The highest BCUT2D eigenvalue weighted by Crippen LogP contribution is 2.32. The molecule has 1 aromatic rings. The van der Waals surface area contributed by atoms with E-state index >= 15 is 0 Å². The van der Waals surface area contributed by atoms with Crippen molar-refractivity contribution >= 4 is 22.0 Å². The average Bonchev–Trinajstić information content (AvgIpc) is 2.47. The number of alkyl halides is 1. The van der Waals surface area contributed by atoms with E-state index in [-0.39, 0.29) is 6.10 Å². The van der Waals surface area contributed by atoms with Crippen LogP contribution in [0.3, 0.4) is 0 Å². The van der Waals surface area contributed by atoms with Crippen LogP contribution in [-0.2, 0) is 0 Å². The molecule has 0 aliphatic heterocycles. The highest BCUT2D eigenvalue weighted by Gasteiger charge is 2.16. The second-order valence-electron chi connectivity index (χ2n) is 5.92. The predicted octanol–water partition coefficient (Wildman–Crippen LogP) is 5.83. The van der Waals surface area contributed by atoms with E-state index in [1.807, 2.05) is 0 Å². The topological polar surface area (TPSA) is 9.23 Å². The van der Waals surface area contributed by atoms with Gasteiger partial charge in [0.25, 0.3) is 0 Å². The molecule has 0 N–H and O–H groups in total. The summed E-state index contributed by atoms with van der Waals surface area (Å²) < 4.78 is 5.69. The maximum atomic E-state index is 5.69. The smallest absolute Gasteiger partial charge is 0.119 e. The summed E-state index contributed by atoms with van der Waals surface area (Å²) in [4.78, 5) is 0. The van der Waals surface area contributed by atoms with Gasteiger partial charge >= 0.3 is 0 Å². The van der Waals surface area contributed by atoms with Crippen molar-refractivity contribution < 1.29 is 4.74 Å². The van der Waals surface area contributed by atoms with Crippen molar-refractivity contribution in [2.75, 3.05) is 5.33 Å². The standard InChI is InChI=1S/C18H25BrO/c1-14(2)20-18-10-8-15(9-11-18)12-17(13-19)16-6-4-3-5-7-16/h8-12,14,16H,3-7,13H2,1-2H3/b17-12-. The van der Waals surface area contributed by atoms with Crippen molar-refractivity contribution in [3.05, 3.63) is 35.4 Å². The Labute approximate surface area is 131 Å². The summed E-state index contributed by atoms with van der Waals surface area (Å²) in [6.07, 6.45) is 9.47. The van der Waals surface area contributed by atoms with Gasteiger partial charge in [-0.3, -0.25) is 0 Å². The first-order valence-corrected chi connectivity index (χ1v) is 8.84. The molecule has 0 saturated heterocycles. The van der Waals surface area contributed by atoms with Crippen LogP contribution in [0.15, 0.2) is 29.8 Å². The Morgan fingerprint density at radius 2 is 1.85 bits per heavy atom. The van der Waals surface area contributed by atoms with Gasteiger partial charge in [0.1, 0.15) is 5.75 Å². The van der Waals surface area contributed by atoms with Crippen LogP contribution in [0.4, 0.5) is 0 Å². The van der Waals surface area contributed by atoms with E-state index in [2.05, 4.69) is 60.1 Å². The third-order valence-corrected chi connectivity index (χ3v) is 4.54. The molecule has 0 aromatic heterocycles. The predicted molar refractivity (Wildman–Crippen MR) is 90.6 cm³/mol. The first-order valence-electron chi connectivity index (χ1n) is 7.72. The number of halogens is 1. The van der Waals surface area contributed by atoms with Gasteiger partial charge in [-0.15, -0.1) is 0 Å². The molecule has 110 valence electrons. The molecule has 1 fully saturated rings. The molecule has 0 heterocycles. The van der Waals surface area contributed by atoms with E-state index in [1.54, 1.807) is 5.57 Å². The molecule has 1 aromatic carbocycles. The molecule has 0 unspecified atom stereocenters. The van der Waals surface area contributed by atoms with Crippen molar-refractivity contribution in [1.29, 1.82) is 0 Å². The van der Waals surface area contributed by atoms with Gasteiger partial charge in [-0.05, 0) is 50.3 Å². The quantitative estimate of drug-likeness (QED) is 0.614. The maximum absolute atomic E-state index is 5.69. The molecule has 0 amide bonds. The van der Waals surface area contributed by atoms with Crippen molar-refractivity contribution in [2.24, 2.45) is 5.92 Å². The fourth-order valence-electron chi connectivity index (χ4n) is 2.87. The Morgan fingerprint density at radius 1 is 1.20 bits per heavy atom. The van der Waals surface area contributed by atoms with Gasteiger partial charge in [-0.25, -0.2) is 0 Å². The highest BCUT2D eigenvalue weighted by molar-refractivity contribution is 9.09. The van der Waals surface area contributed by atoms with Crippen LogP contribution in [0.25, 0.3) is 6.08 Å². The summed E-state index contributed by atoms with van der Waals surface area (Å²) in [5.74, 6) is 1.73. The number of hydrogen-bond donors (Lipinski definition) is 0. The first-order chi connectivity index (χ1) is 9.69. The fraction of sp³-hybridized carbons (Fsp3) is 0.556. The molecule has 0 spiro atoms. The molecule has 2 heteroatoms. The minimum Gasteiger partial charge on any atom is -0.491 e. The van der Waals surface area contributed by atoms with Crippen LogP contribution in [-0.4, -0.2) is 11.4 Å². The normalized spacial score (nSPS) is 17.5. The van der Waals surface area contributed by atoms with Crippen LogP contribution in [0.1, 0.15) is 51.5 Å². The van der Waals surface area contributed by atoms with Crippen LogP contribution >= 0.6 is 15.9 Å². The summed E-state index contributed by atoms with van der Waals surface area (Å²) in [5, 5.41) is 0.988. The van der Waals surface area contributed by atoms with Gasteiger partial charge in [0.15, 0.2) is 0 Å². The van der Waals surface area contributed by atoms with E-state index in [4.69, 9.17) is 4.74 Å². The Hall–Kier alpha value is -0.760. The Balaban J connectivity index is 2.06. The zero-order valence-electron chi connectivity index (χ0n) is 12.6. The highest BCUT2D eigenvalue weighted by atomic mass is 79.9. The monoisotopic (exact) mass is 336 g/mol. The lowest BCUT2D eigenvalue weighted by Gasteiger charge is -2.23. The van der Waals surface area contributed by atoms with Gasteiger partial charge in [0.2, 0.25) is 0 Å². The molecule has 2 rings (SSSR count). The molecular weight excluding hydrogens is 312 g/mol. The Bertz CT molecular complexity index is 427. The van der Waals surface area contributed by atoms with E-state index in [0.29, 0.717) is 0 Å². The third-order valence-electron chi connectivity index (χ3n) is 3.89. The molecule has 1 saturated carbocycles. The number of allylic oxidation sites excluding steroid dienone is 1. The van der Waals surface area contributed by atoms with Gasteiger partial charge in [0, 0.05) is 5.33 Å². The van der Waals surface area contributed by atoms with Crippen LogP contribution in [0, 0.1) is 5.92 Å². The van der Waals surface area contributed by atoms with Crippen molar-refractivity contribution in [3.63, 3.8) is 0 Å². The van der Waals surface area contributed by atoms with Gasteiger partial charge in [-0.1, -0.05) is 59.0 Å². The SMILES string of the molecule is CC(C)Oc1ccc(/C=C(/CBr)C2CCCCC2)cc1. The molecule has 1 nitrogen and oxygen atoms in total. The first kappa shape index (κ1) is 15.6. The zero-order valence-corrected chi connectivity index (χ0v) is 14.2. The third kappa shape index (κ3) is 4.66. The second kappa shape index (κ2) is 7.87. The lowest BCUT2D eigenvalue weighted by atomic mass is 9.84. The number of rotatable bonds is 5. The Morgan fingerprint density at radius 3 is 2.40 bits per heavy atom. The number of hydrogen-bond acceptors (Lipinski definition) is 1. The molecule has 0 radical (unpaired) electrons. The lowest BCUT2D eigenvalue weighted by Crippen LogP contribution is -2.10. The molecule has 20 heavy (non-hydrogen) atoms. The van der Waals surface area contributed by atoms with Crippen molar-refractivity contribution in [1.82, 2.24) is 0 Å². The summed E-state index contributed by atoms with van der Waals surface area (Å²) in [7, 11) is 0. The molecule has 1 aliphatic rings. The van der Waals surface area contributed by atoms with E-state index < -0.39 is 0 Å². The van der Waals surface area contributed by atoms with Crippen molar-refractivity contribution in [2.45, 2.75) is 52.1 Å². The Kier molecular flexibility index (Phi) is 6.15. The van der Waals surface area contributed by atoms with Crippen LogP contribution in [0.2, 0.25) is 0 Å². The second-order valence-corrected chi connectivity index (χ2v) is 6.48.